The maximum atomic E-state index is 11.7. The molecular weight excluding hydrogens is 242 g/mol. The van der Waals surface area contributed by atoms with Crippen LogP contribution in [0.15, 0.2) is 47.1 Å². The lowest BCUT2D eigenvalue weighted by Gasteiger charge is -2.08. The summed E-state index contributed by atoms with van der Waals surface area (Å²) in [5, 5.41) is 5.53. The molecule has 4 N–H and O–H groups in total. The highest BCUT2D eigenvalue weighted by Crippen LogP contribution is 2.09. The zero-order valence-electron chi connectivity index (χ0n) is 10.6. The van der Waals surface area contributed by atoms with Crippen molar-refractivity contribution in [3.63, 3.8) is 0 Å². The van der Waals surface area contributed by atoms with Gasteiger partial charge in [-0.2, -0.15) is 0 Å². The highest BCUT2D eigenvalue weighted by molar-refractivity contribution is 5.89. The van der Waals surface area contributed by atoms with Crippen molar-refractivity contribution in [2.45, 2.75) is 13.0 Å². The molecule has 0 saturated carbocycles. The minimum Gasteiger partial charge on any atom is -0.469 e. The topological polar surface area (TPSA) is 80.3 Å². The van der Waals surface area contributed by atoms with Crippen LogP contribution in [-0.4, -0.2) is 12.6 Å². The van der Waals surface area contributed by atoms with Crippen LogP contribution in [0.25, 0.3) is 0 Å². The Morgan fingerprint density at radius 3 is 2.89 bits per heavy atom. The molecule has 2 amide bonds. The van der Waals surface area contributed by atoms with Gasteiger partial charge in [0.2, 0.25) is 0 Å². The summed E-state index contributed by atoms with van der Waals surface area (Å²) in [5.41, 5.74) is 7.26. The number of hydrogen-bond donors (Lipinski definition) is 3. The van der Waals surface area contributed by atoms with Gasteiger partial charge in [0, 0.05) is 25.2 Å². The fourth-order valence-electron chi connectivity index (χ4n) is 1.71. The van der Waals surface area contributed by atoms with E-state index in [4.69, 9.17) is 10.2 Å². The van der Waals surface area contributed by atoms with Crippen LogP contribution in [0.2, 0.25) is 0 Å². The highest BCUT2D eigenvalue weighted by Gasteiger charge is 2.02. The van der Waals surface area contributed by atoms with E-state index >= 15 is 0 Å². The number of nitrogens with two attached hydrogens (primary N) is 1. The van der Waals surface area contributed by atoms with Gasteiger partial charge in [-0.1, -0.05) is 12.1 Å². The number of carbonyl (C=O) groups is 1. The minimum absolute atomic E-state index is 0.235. The Kier molecular flexibility index (Phi) is 4.58. The monoisotopic (exact) mass is 259 g/mol. The molecule has 5 heteroatoms. The Balaban J connectivity index is 1.77. The third kappa shape index (κ3) is 4.15. The second-order valence-corrected chi connectivity index (χ2v) is 4.11. The molecule has 0 spiro atoms. The van der Waals surface area contributed by atoms with E-state index in [0.29, 0.717) is 19.5 Å². The van der Waals surface area contributed by atoms with Gasteiger partial charge in [-0.25, -0.2) is 4.79 Å². The molecule has 19 heavy (non-hydrogen) atoms. The van der Waals surface area contributed by atoms with Gasteiger partial charge >= 0.3 is 6.03 Å². The minimum atomic E-state index is -0.235. The fraction of sp³-hybridized carbons (Fsp3) is 0.214. The van der Waals surface area contributed by atoms with Crippen LogP contribution >= 0.6 is 0 Å². The molecule has 100 valence electrons. The molecule has 0 radical (unpaired) electrons. The number of urea groups is 1. The van der Waals surface area contributed by atoms with Crippen molar-refractivity contribution in [1.29, 1.82) is 0 Å². The van der Waals surface area contributed by atoms with Gasteiger partial charge in [-0.05, 0) is 29.8 Å². The van der Waals surface area contributed by atoms with Crippen LogP contribution < -0.4 is 16.4 Å². The van der Waals surface area contributed by atoms with Crippen molar-refractivity contribution >= 4 is 11.7 Å². The number of hydrogen-bond acceptors (Lipinski definition) is 3. The summed E-state index contributed by atoms with van der Waals surface area (Å²) in [5.74, 6) is 0.852. The summed E-state index contributed by atoms with van der Waals surface area (Å²) in [6.07, 6.45) is 2.29. The van der Waals surface area contributed by atoms with E-state index in [2.05, 4.69) is 10.6 Å². The zero-order valence-corrected chi connectivity index (χ0v) is 10.6. The number of amides is 2. The van der Waals surface area contributed by atoms with E-state index in [1.165, 1.54) is 0 Å². The van der Waals surface area contributed by atoms with Crippen molar-refractivity contribution in [2.75, 3.05) is 11.9 Å². The molecule has 2 aromatic rings. The van der Waals surface area contributed by atoms with Crippen LogP contribution in [-0.2, 0) is 13.0 Å². The van der Waals surface area contributed by atoms with Crippen LogP contribution in [0, 0.1) is 0 Å². The van der Waals surface area contributed by atoms with Crippen molar-refractivity contribution in [3.8, 4) is 0 Å². The standard InChI is InChI=1S/C14H17N3O2/c15-10-11-3-1-4-12(9-11)17-14(18)16-7-6-13-5-2-8-19-13/h1-5,8-9H,6-7,10,15H2,(H2,16,17,18). The Morgan fingerprint density at radius 1 is 1.26 bits per heavy atom. The molecule has 0 fully saturated rings. The van der Waals surface area contributed by atoms with E-state index in [0.717, 1.165) is 17.0 Å². The van der Waals surface area contributed by atoms with E-state index in [1.54, 1.807) is 6.26 Å². The fourth-order valence-corrected chi connectivity index (χ4v) is 1.71. The molecule has 0 aliphatic heterocycles. The smallest absolute Gasteiger partial charge is 0.319 e. The van der Waals surface area contributed by atoms with Crippen molar-refractivity contribution < 1.29 is 9.21 Å². The van der Waals surface area contributed by atoms with Crippen molar-refractivity contribution in [3.05, 3.63) is 54.0 Å². The van der Waals surface area contributed by atoms with Gasteiger partial charge in [0.05, 0.1) is 6.26 Å². The third-order valence-corrected chi connectivity index (χ3v) is 2.66. The van der Waals surface area contributed by atoms with Crippen LogP contribution in [0.5, 0.6) is 0 Å². The summed E-state index contributed by atoms with van der Waals surface area (Å²) < 4.78 is 5.18. The maximum absolute atomic E-state index is 11.7. The van der Waals surface area contributed by atoms with Gasteiger partial charge in [-0.3, -0.25) is 0 Å². The number of nitrogens with one attached hydrogen (secondary N) is 2. The second kappa shape index (κ2) is 6.61. The van der Waals surface area contributed by atoms with Crippen molar-refractivity contribution in [2.24, 2.45) is 5.73 Å². The Bertz CT molecular complexity index is 523. The predicted octanol–water partition coefficient (Wildman–Crippen LogP) is 2.10. The highest BCUT2D eigenvalue weighted by atomic mass is 16.3. The molecule has 1 heterocycles. The summed E-state index contributed by atoms with van der Waals surface area (Å²) in [6.45, 7) is 0.978. The average molecular weight is 259 g/mol. The number of furan rings is 1. The lowest BCUT2D eigenvalue weighted by molar-refractivity contribution is 0.252. The molecule has 2 rings (SSSR count). The summed E-state index contributed by atoms with van der Waals surface area (Å²) in [4.78, 5) is 11.7. The molecule has 0 aliphatic rings. The van der Waals surface area contributed by atoms with E-state index in [9.17, 15) is 4.79 Å². The van der Waals surface area contributed by atoms with Gasteiger partial charge in [0.25, 0.3) is 0 Å². The van der Waals surface area contributed by atoms with Gasteiger partial charge in [0.15, 0.2) is 0 Å². The van der Waals surface area contributed by atoms with Gasteiger partial charge in [-0.15, -0.1) is 0 Å². The van der Waals surface area contributed by atoms with E-state index in [1.807, 2.05) is 36.4 Å². The first-order valence-electron chi connectivity index (χ1n) is 6.14. The lowest BCUT2D eigenvalue weighted by atomic mass is 10.2. The Morgan fingerprint density at radius 2 is 2.16 bits per heavy atom. The predicted molar refractivity (Wildman–Crippen MR) is 73.8 cm³/mol. The average Bonchev–Trinajstić information content (AvgIpc) is 2.92. The summed E-state index contributed by atoms with van der Waals surface area (Å²) in [7, 11) is 0. The Labute approximate surface area is 111 Å². The molecule has 0 aliphatic carbocycles. The first-order chi connectivity index (χ1) is 9.28. The lowest BCUT2D eigenvalue weighted by Crippen LogP contribution is -2.30. The maximum Gasteiger partial charge on any atom is 0.319 e. The second-order valence-electron chi connectivity index (χ2n) is 4.11. The Hall–Kier alpha value is -2.27. The number of anilines is 1. The van der Waals surface area contributed by atoms with Gasteiger partial charge < -0.3 is 20.8 Å². The molecule has 1 aromatic heterocycles. The number of rotatable bonds is 5. The third-order valence-electron chi connectivity index (χ3n) is 2.66. The van der Waals surface area contributed by atoms with Crippen LogP contribution in [0.3, 0.4) is 0 Å². The molecule has 0 unspecified atom stereocenters. The molecule has 0 atom stereocenters. The van der Waals surface area contributed by atoms with E-state index in [-0.39, 0.29) is 6.03 Å². The van der Waals surface area contributed by atoms with Crippen molar-refractivity contribution in [1.82, 2.24) is 5.32 Å². The molecule has 1 aromatic carbocycles. The first kappa shape index (κ1) is 13.2. The summed E-state index contributed by atoms with van der Waals surface area (Å²) >= 11 is 0. The number of benzene rings is 1. The van der Waals surface area contributed by atoms with E-state index < -0.39 is 0 Å². The van der Waals surface area contributed by atoms with Gasteiger partial charge in [0.1, 0.15) is 5.76 Å². The largest absolute Gasteiger partial charge is 0.469 e. The molecule has 5 nitrogen and oxygen atoms in total. The summed E-state index contributed by atoms with van der Waals surface area (Å²) in [6, 6.07) is 10.9. The molecule has 0 saturated heterocycles. The zero-order chi connectivity index (χ0) is 13.5. The quantitative estimate of drug-likeness (QED) is 0.769. The number of carbonyl (C=O) groups excluding carboxylic acids is 1. The normalized spacial score (nSPS) is 10.2. The van der Waals surface area contributed by atoms with Crippen LogP contribution in [0.1, 0.15) is 11.3 Å². The molecular formula is C14H17N3O2. The molecule has 0 bridgehead atoms. The van der Waals surface area contributed by atoms with Crippen LogP contribution in [0.4, 0.5) is 10.5 Å². The first-order valence-corrected chi connectivity index (χ1v) is 6.14. The SMILES string of the molecule is NCc1cccc(NC(=O)NCCc2ccco2)c1.